The Morgan fingerprint density at radius 2 is 2.06 bits per heavy atom. The van der Waals surface area contributed by atoms with Gasteiger partial charge in [-0.15, -0.1) is 0 Å². The molecule has 17 heavy (non-hydrogen) atoms. The summed E-state index contributed by atoms with van der Waals surface area (Å²) in [4.78, 5) is 11.5. The number of para-hydroxylation sites is 1. The summed E-state index contributed by atoms with van der Waals surface area (Å²) in [5.74, 6) is 1.61. The van der Waals surface area contributed by atoms with E-state index < -0.39 is 0 Å². The van der Waals surface area contributed by atoms with Crippen molar-refractivity contribution in [2.75, 3.05) is 14.2 Å². The fraction of sp³-hybridized carbons (Fsp3) is 0.357. The number of methoxy groups -OCH3 is 2. The highest BCUT2D eigenvalue weighted by molar-refractivity contribution is 5.98. The van der Waals surface area contributed by atoms with Gasteiger partial charge in [-0.25, -0.2) is 0 Å². The molecular weight excluding hydrogens is 216 g/mol. The van der Waals surface area contributed by atoms with Crippen molar-refractivity contribution in [3.63, 3.8) is 0 Å². The van der Waals surface area contributed by atoms with Crippen LogP contribution in [0.15, 0.2) is 30.4 Å². The Hall–Kier alpha value is -1.77. The van der Waals surface area contributed by atoms with E-state index in [0.29, 0.717) is 23.5 Å². The fourth-order valence-corrected chi connectivity index (χ4v) is 2.33. The normalized spacial score (nSPS) is 19.5. The third kappa shape index (κ3) is 1.93. The van der Waals surface area contributed by atoms with Crippen LogP contribution in [0, 0.1) is 0 Å². The summed E-state index contributed by atoms with van der Waals surface area (Å²) in [5, 5.41) is 0. The van der Waals surface area contributed by atoms with E-state index in [1.54, 1.807) is 14.2 Å². The Bertz CT molecular complexity index is 463. The summed E-state index contributed by atoms with van der Waals surface area (Å²) in [7, 11) is 3.22. The van der Waals surface area contributed by atoms with Crippen LogP contribution in [0.4, 0.5) is 0 Å². The molecule has 1 unspecified atom stereocenters. The second-order valence-corrected chi connectivity index (χ2v) is 4.12. The number of rotatable bonds is 3. The topological polar surface area (TPSA) is 35.5 Å². The molecule has 0 heterocycles. The quantitative estimate of drug-likeness (QED) is 0.752. The molecule has 0 N–H and O–H groups in total. The van der Waals surface area contributed by atoms with E-state index in [1.807, 2.05) is 18.2 Å². The van der Waals surface area contributed by atoms with Gasteiger partial charge in [-0.05, 0) is 18.1 Å². The Kier molecular flexibility index (Phi) is 3.18. The molecule has 1 fully saturated rings. The van der Waals surface area contributed by atoms with Gasteiger partial charge < -0.3 is 9.47 Å². The third-order valence-corrected chi connectivity index (χ3v) is 3.25. The van der Waals surface area contributed by atoms with Crippen LogP contribution < -0.4 is 9.47 Å². The third-order valence-electron chi connectivity index (χ3n) is 3.25. The first-order chi connectivity index (χ1) is 8.19. The molecule has 1 aliphatic carbocycles. The second kappa shape index (κ2) is 4.62. The van der Waals surface area contributed by atoms with E-state index in [2.05, 4.69) is 6.58 Å². The number of ether oxygens (including phenoxy) is 2. The average Bonchev–Trinajstić information content (AvgIpc) is 2.69. The molecule has 3 heteroatoms. The van der Waals surface area contributed by atoms with Gasteiger partial charge in [-0.3, -0.25) is 4.79 Å². The molecule has 1 aromatic rings. The molecule has 0 amide bonds. The fourth-order valence-electron chi connectivity index (χ4n) is 2.33. The Morgan fingerprint density at radius 1 is 1.29 bits per heavy atom. The zero-order valence-corrected chi connectivity index (χ0v) is 10.2. The highest BCUT2D eigenvalue weighted by Gasteiger charge is 2.30. The zero-order valence-electron chi connectivity index (χ0n) is 10.2. The van der Waals surface area contributed by atoms with Crippen molar-refractivity contribution in [3.8, 4) is 11.5 Å². The number of Topliss-reactive ketones (excluding diaryl/α,β-unsaturated/α-hetero) is 1. The van der Waals surface area contributed by atoms with Gasteiger partial charge in [0, 0.05) is 17.9 Å². The lowest BCUT2D eigenvalue weighted by Gasteiger charge is -2.17. The molecule has 1 aromatic carbocycles. The lowest BCUT2D eigenvalue weighted by molar-refractivity contribution is -0.114. The van der Waals surface area contributed by atoms with Gasteiger partial charge in [-0.2, -0.15) is 0 Å². The molecule has 0 spiro atoms. The summed E-state index contributed by atoms with van der Waals surface area (Å²) < 4.78 is 10.6. The van der Waals surface area contributed by atoms with Crippen molar-refractivity contribution in [3.05, 3.63) is 35.9 Å². The second-order valence-electron chi connectivity index (χ2n) is 4.12. The Morgan fingerprint density at radius 3 is 2.59 bits per heavy atom. The molecule has 90 valence electrons. The number of hydrogen-bond donors (Lipinski definition) is 0. The molecule has 0 saturated heterocycles. The van der Waals surface area contributed by atoms with Crippen LogP contribution in [0.1, 0.15) is 24.3 Å². The van der Waals surface area contributed by atoms with Crippen LogP contribution in [-0.2, 0) is 4.79 Å². The smallest absolute Gasteiger partial charge is 0.164 e. The lowest BCUT2D eigenvalue weighted by atomic mass is 9.93. The van der Waals surface area contributed by atoms with Crippen LogP contribution >= 0.6 is 0 Å². The van der Waals surface area contributed by atoms with E-state index in [-0.39, 0.29) is 11.7 Å². The maximum Gasteiger partial charge on any atom is 0.164 e. The molecule has 0 aromatic heterocycles. The van der Waals surface area contributed by atoms with Gasteiger partial charge in [0.15, 0.2) is 17.3 Å². The lowest BCUT2D eigenvalue weighted by Crippen LogP contribution is -2.02. The van der Waals surface area contributed by atoms with Crippen LogP contribution in [0.3, 0.4) is 0 Å². The van der Waals surface area contributed by atoms with E-state index >= 15 is 0 Å². The Balaban J connectivity index is 2.45. The van der Waals surface area contributed by atoms with Crippen LogP contribution in [0.2, 0.25) is 0 Å². The number of carbonyl (C=O) groups is 1. The van der Waals surface area contributed by atoms with E-state index in [4.69, 9.17) is 9.47 Å². The van der Waals surface area contributed by atoms with E-state index in [0.717, 1.165) is 12.0 Å². The number of allylic oxidation sites excluding steroid dienone is 1. The van der Waals surface area contributed by atoms with E-state index in [1.165, 1.54) is 0 Å². The molecule has 3 nitrogen and oxygen atoms in total. The minimum atomic E-state index is 0.0625. The highest BCUT2D eigenvalue weighted by atomic mass is 16.5. The molecule has 1 saturated carbocycles. The molecule has 0 bridgehead atoms. The maximum absolute atomic E-state index is 11.5. The first kappa shape index (κ1) is 11.7. The molecule has 0 radical (unpaired) electrons. The minimum absolute atomic E-state index is 0.0625. The van der Waals surface area contributed by atoms with Gasteiger partial charge in [0.05, 0.1) is 14.2 Å². The van der Waals surface area contributed by atoms with Crippen LogP contribution in [0.5, 0.6) is 11.5 Å². The van der Waals surface area contributed by atoms with Gasteiger partial charge in [0.1, 0.15) is 0 Å². The van der Waals surface area contributed by atoms with Crippen molar-refractivity contribution >= 4 is 5.78 Å². The van der Waals surface area contributed by atoms with Gasteiger partial charge in [0.2, 0.25) is 0 Å². The summed E-state index contributed by atoms with van der Waals surface area (Å²) in [5.41, 5.74) is 1.67. The van der Waals surface area contributed by atoms with Crippen molar-refractivity contribution in [1.82, 2.24) is 0 Å². The standard InChI is InChI=1S/C14H16O3/c1-9-10(7-8-12(9)15)11-5-4-6-13(16-2)14(11)17-3/h4-6,10H,1,7-8H2,2-3H3. The van der Waals surface area contributed by atoms with Gasteiger partial charge in [0.25, 0.3) is 0 Å². The molecule has 1 aliphatic rings. The van der Waals surface area contributed by atoms with E-state index in [9.17, 15) is 4.79 Å². The maximum atomic E-state index is 11.5. The van der Waals surface area contributed by atoms with Crippen molar-refractivity contribution in [2.24, 2.45) is 0 Å². The van der Waals surface area contributed by atoms with Gasteiger partial charge >= 0.3 is 0 Å². The summed E-state index contributed by atoms with van der Waals surface area (Å²) in [6.07, 6.45) is 1.38. The minimum Gasteiger partial charge on any atom is -0.493 e. The first-order valence-electron chi connectivity index (χ1n) is 5.62. The Labute approximate surface area is 101 Å². The van der Waals surface area contributed by atoms with Crippen molar-refractivity contribution in [2.45, 2.75) is 18.8 Å². The SMILES string of the molecule is C=C1C(=O)CCC1c1cccc(OC)c1OC. The zero-order chi connectivity index (χ0) is 12.4. The monoisotopic (exact) mass is 232 g/mol. The number of carbonyl (C=O) groups excluding carboxylic acids is 1. The number of ketones is 1. The largest absolute Gasteiger partial charge is 0.493 e. The van der Waals surface area contributed by atoms with Crippen molar-refractivity contribution < 1.29 is 14.3 Å². The summed E-state index contributed by atoms with van der Waals surface area (Å²) >= 11 is 0. The molecule has 1 atom stereocenters. The van der Waals surface area contributed by atoms with Crippen molar-refractivity contribution in [1.29, 1.82) is 0 Å². The summed E-state index contributed by atoms with van der Waals surface area (Å²) in [6.45, 7) is 3.88. The summed E-state index contributed by atoms with van der Waals surface area (Å²) in [6, 6.07) is 5.73. The molecule has 2 rings (SSSR count). The number of benzene rings is 1. The highest BCUT2D eigenvalue weighted by Crippen LogP contribution is 2.43. The first-order valence-corrected chi connectivity index (χ1v) is 5.62. The molecular formula is C14H16O3. The predicted molar refractivity (Wildman–Crippen MR) is 65.7 cm³/mol. The predicted octanol–water partition coefficient (Wildman–Crippen LogP) is 2.71. The molecule has 0 aliphatic heterocycles. The van der Waals surface area contributed by atoms with Crippen LogP contribution in [-0.4, -0.2) is 20.0 Å². The van der Waals surface area contributed by atoms with Gasteiger partial charge in [-0.1, -0.05) is 18.7 Å². The average molecular weight is 232 g/mol. The number of hydrogen-bond acceptors (Lipinski definition) is 3. The van der Waals surface area contributed by atoms with Crippen LogP contribution in [0.25, 0.3) is 0 Å².